The van der Waals surface area contributed by atoms with Gasteiger partial charge in [-0.25, -0.2) is 0 Å². The van der Waals surface area contributed by atoms with Crippen LogP contribution in [0.25, 0.3) is 22.4 Å². The lowest BCUT2D eigenvalue weighted by atomic mass is 9.96. The van der Waals surface area contributed by atoms with Gasteiger partial charge in [0.25, 0.3) is 5.56 Å². The number of benzene rings is 2. The predicted molar refractivity (Wildman–Crippen MR) is 96.9 cm³/mol. The first-order valence-electron chi connectivity index (χ1n) is 7.81. The van der Waals surface area contributed by atoms with Crippen molar-refractivity contribution in [2.45, 2.75) is 20.8 Å². The Labute approximate surface area is 141 Å². The van der Waals surface area contributed by atoms with Gasteiger partial charge in [0.2, 0.25) is 0 Å². The highest BCUT2D eigenvalue weighted by Gasteiger charge is 2.13. The van der Waals surface area contributed by atoms with E-state index in [0.29, 0.717) is 5.56 Å². The van der Waals surface area contributed by atoms with Crippen LogP contribution in [0.3, 0.4) is 0 Å². The molecular weight excluding hydrogens is 296 g/mol. The maximum Gasteiger partial charge on any atom is 0.266 e. The van der Waals surface area contributed by atoms with E-state index in [2.05, 4.69) is 4.98 Å². The number of pyridine rings is 1. The van der Waals surface area contributed by atoms with Crippen LogP contribution in [-0.4, -0.2) is 4.98 Å². The third kappa shape index (κ3) is 2.87. The summed E-state index contributed by atoms with van der Waals surface area (Å²) in [5.41, 5.74) is 6.34. The standard InChI is InChI=1S/C21H18N2O/c1-13-5-4-6-16(9-13)18-11-20(23-21(24)19(18)12-22)17-10-14(2)7-8-15(17)3/h4-11H,1-3H3,(H,23,24). The maximum absolute atomic E-state index is 12.4. The molecule has 3 nitrogen and oxygen atoms in total. The van der Waals surface area contributed by atoms with E-state index in [1.807, 2.05) is 75.4 Å². The molecule has 0 radical (unpaired) electrons. The van der Waals surface area contributed by atoms with Gasteiger partial charge in [0, 0.05) is 16.8 Å². The predicted octanol–water partition coefficient (Wildman–Crippen LogP) is 4.51. The fraction of sp³-hybridized carbons (Fsp3) is 0.143. The molecule has 118 valence electrons. The highest BCUT2D eigenvalue weighted by Crippen LogP contribution is 2.28. The van der Waals surface area contributed by atoms with Gasteiger partial charge in [0.05, 0.1) is 0 Å². The van der Waals surface area contributed by atoms with Crippen molar-refractivity contribution in [1.29, 1.82) is 5.26 Å². The number of rotatable bonds is 2. The molecule has 0 aliphatic carbocycles. The van der Waals surface area contributed by atoms with Crippen molar-refractivity contribution in [3.63, 3.8) is 0 Å². The minimum absolute atomic E-state index is 0.148. The number of nitrogens with zero attached hydrogens (tertiary/aromatic N) is 1. The van der Waals surface area contributed by atoms with Gasteiger partial charge in [0.15, 0.2) is 0 Å². The van der Waals surface area contributed by atoms with Gasteiger partial charge in [-0.1, -0.05) is 47.5 Å². The second-order valence-corrected chi connectivity index (χ2v) is 6.10. The van der Waals surface area contributed by atoms with Crippen LogP contribution < -0.4 is 5.56 Å². The number of aryl methyl sites for hydroxylation is 3. The van der Waals surface area contributed by atoms with Gasteiger partial charge < -0.3 is 4.98 Å². The van der Waals surface area contributed by atoms with Crippen LogP contribution >= 0.6 is 0 Å². The molecule has 3 rings (SSSR count). The fourth-order valence-corrected chi connectivity index (χ4v) is 2.88. The third-order valence-electron chi connectivity index (χ3n) is 4.16. The number of nitrogens with one attached hydrogen (secondary N) is 1. The highest BCUT2D eigenvalue weighted by atomic mass is 16.1. The van der Waals surface area contributed by atoms with E-state index in [9.17, 15) is 10.1 Å². The number of nitriles is 1. The Morgan fingerprint density at radius 3 is 2.38 bits per heavy atom. The lowest BCUT2D eigenvalue weighted by Gasteiger charge is -2.11. The molecule has 0 unspecified atom stereocenters. The van der Waals surface area contributed by atoms with Crippen LogP contribution in [0.4, 0.5) is 0 Å². The lowest BCUT2D eigenvalue weighted by Crippen LogP contribution is -2.13. The summed E-state index contributed by atoms with van der Waals surface area (Å²) < 4.78 is 0. The first kappa shape index (κ1) is 15.8. The van der Waals surface area contributed by atoms with E-state index in [1.54, 1.807) is 0 Å². The number of aromatic nitrogens is 1. The number of hydrogen-bond acceptors (Lipinski definition) is 2. The van der Waals surface area contributed by atoms with Gasteiger partial charge >= 0.3 is 0 Å². The smallest absolute Gasteiger partial charge is 0.266 e. The average Bonchev–Trinajstić information content (AvgIpc) is 2.56. The zero-order valence-corrected chi connectivity index (χ0v) is 14.0. The van der Waals surface area contributed by atoms with Crippen LogP contribution in [0.15, 0.2) is 53.3 Å². The number of hydrogen-bond donors (Lipinski definition) is 1. The molecule has 1 N–H and O–H groups in total. The molecule has 0 spiro atoms. The first-order valence-corrected chi connectivity index (χ1v) is 7.81. The molecule has 0 atom stereocenters. The number of aromatic amines is 1. The monoisotopic (exact) mass is 314 g/mol. The highest BCUT2D eigenvalue weighted by molar-refractivity contribution is 5.76. The minimum Gasteiger partial charge on any atom is -0.321 e. The summed E-state index contributed by atoms with van der Waals surface area (Å²) in [5, 5.41) is 9.42. The topological polar surface area (TPSA) is 56.6 Å². The molecule has 2 aromatic carbocycles. The fourth-order valence-electron chi connectivity index (χ4n) is 2.88. The second-order valence-electron chi connectivity index (χ2n) is 6.10. The molecule has 0 saturated heterocycles. The van der Waals surface area contributed by atoms with Gasteiger partial charge in [-0.15, -0.1) is 0 Å². The summed E-state index contributed by atoms with van der Waals surface area (Å²) in [4.78, 5) is 15.3. The quantitative estimate of drug-likeness (QED) is 0.757. The van der Waals surface area contributed by atoms with Crippen molar-refractivity contribution in [1.82, 2.24) is 4.98 Å². The van der Waals surface area contributed by atoms with Crippen molar-refractivity contribution in [3.05, 3.63) is 81.1 Å². The summed E-state index contributed by atoms with van der Waals surface area (Å²) in [7, 11) is 0. The minimum atomic E-state index is -0.354. The molecule has 0 aliphatic heterocycles. The van der Waals surface area contributed by atoms with E-state index in [4.69, 9.17) is 0 Å². The Hall–Kier alpha value is -3.12. The summed E-state index contributed by atoms with van der Waals surface area (Å²) in [6, 6.07) is 17.9. The Morgan fingerprint density at radius 1 is 0.917 bits per heavy atom. The van der Waals surface area contributed by atoms with Crippen molar-refractivity contribution in [3.8, 4) is 28.5 Å². The molecule has 1 heterocycles. The molecule has 0 bridgehead atoms. The van der Waals surface area contributed by atoms with E-state index in [-0.39, 0.29) is 11.1 Å². The van der Waals surface area contributed by atoms with Crippen molar-refractivity contribution < 1.29 is 0 Å². The van der Waals surface area contributed by atoms with Crippen LogP contribution in [0.2, 0.25) is 0 Å². The SMILES string of the molecule is Cc1cccc(-c2cc(-c3cc(C)ccc3C)[nH]c(=O)c2C#N)c1. The van der Waals surface area contributed by atoms with E-state index >= 15 is 0 Å². The summed E-state index contributed by atoms with van der Waals surface area (Å²) in [6.45, 7) is 6.03. The third-order valence-corrected chi connectivity index (χ3v) is 4.16. The molecule has 0 saturated carbocycles. The maximum atomic E-state index is 12.4. The molecule has 0 fully saturated rings. The Kier molecular flexibility index (Phi) is 4.05. The Balaban J connectivity index is 2.30. The lowest BCUT2D eigenvalue weighted by molar-refractivity contribution is 1.21. The molecule has 3 aromatic rings. The van der Waals surface area contributed by atoms with Crippen LogP contribution in [0.1, 0.15) is 22.3 Å². The van der Waals surface area contributed by atoms with Crippen LogP contribution in [0, 0.1) is 32.1 Å². The number of H-pyrrole nitrogens is 1. The van der Waals surface area contributed by atoms with Crippen molar-refractivity contribution >= 4 is 0 Å². The Bertz CT molecular complexity index is 1020. The molecular formula is C21H18N2O. The van der Waals surface area contributed by atoms with Crippen LogP contribution in [0.5, 0.6) is 0 Å². The Morgan fingerprint density at radius 2 is 1.67 bits per heavy atom. The zero-order chi connectivity index (χ0) is 17.3. The van der Waals surface area contributed by atoms with Crippen molar-refractivity contribution in [2.75, 3.05) is 0 Å². The summed E-state index contributed by atoms with van der Waals surface area (Å²) in [6.07, 6.45) is 0. The van der Waals surface area contributed by atoms with Gasteiger partial charge in [-0.05, 0) is 44.0 Å². The summed E-state index contributed by atoms with van der Waals surface area (Å²) >= 11 is 0. The molecule has 0 amide bonds. The second kappa shape index (κ2) is 6.17. The largest absolute Gasteiger partial charge is 0.321 e. The van der Waals surface area contributed by atoms with E-state index < -0.39 is 0 Å². The van der Waals surface area contributed by atoms with Gasteiger partial charge in [0.1, 0.15) is 11.6 Å². The molecule has 0 aliphatic rings. The van der Waals surface area contributed by atoms with E-state index in [1.165, 1.54) is 0 Å². The van der Waals surface area contributed by atoms with Crippen LogP contribution in [-0.2, 0) is 0 Å². The van der Waals surface area contributed by atoms with Gasteiger partial charge in [-0.3, -0.25) is 4.79 Å². The molecule has 24 heavy (non-hydrogen) atoms. The van der Waals surface area contributed by atoms with E-state index in [0.717, 1.165) is 33.5 Å². The molecule has 3 heteroatoms. The molecule has 1 aromatic heterocycles. The van der Waals surface area contributed by atoms with Crippen molar-refractivity contribution in [2.24, 2.45) is 0 Å². The summed E-state index contributed by atoms with van der Waals surface area (Å²) in [5.74, 6) is 0. The first-order chi connectivity index (χ1) is 11.5. The average molecular weight is 314 g/mol. The zero-order valence-electron chi connectivity index (χ0n) is 14.0. The normalized spacial score (nSPS) is 10.4. The van der Waals surface area contributed by atoms with Gasteiger partial charge in [-0.2, -0.15) is 5.26 Å².